The van der Waals surface area contributed by atoms with Gasteiger partial charge in [-0.25, -0.2) is 0 Å². The first-order chi connectivity index (χ1) is 10.1. The van der Waals surface area contributed by atoms with E-state index in [-0.39, 0.29) is 6.04 Å². The first kappa shape index (κ1) is 16.2. The number of nitrogens with one attached hydrogen (secondary N) is 1. The smallest absolute Gasteiger partial charge is 0.138 e. The van der Waals surface area contributed by atoms with E-state index in [1.165, 1.54) is 0 Å². The lowest BCUT2D eigenvalue weighted by atomic mass is 9.98. The number of ether oxygens (including phenoxy) is 1. The summed E-state index contributed by atoms with van der Waals surface area (Å²) in [4.78, 5) is 0. The van der Waals surface area contributed by atoms with Crippen LogP contribution in [0.15, 0.2) is 28.9 Å². The Morgan fingerprint density at radius 2 is 2.00 bits per heavy atom. The molecule has 1 aromatic heterocycles. The topological polar surface area (TPSA) is 34.4 Å². The molecular formula is C16H19Cl2NO2. The Labute approximate surface area is 135 Å². The average Bonchev–Trinajstić information content (AvgIpc) is 2.88. The molecule has 1 atom stereocenters. The number of benzene rings is 1. The minimum Gasteiger partial charge on any atom is -0.495 e. The number of aryl methyl sites for hydroxylation is 1. The van der Waals surface area contributed by atoms with Gasteiger partial charge in [0.25, 0.3) is 0 Å². The van der Waals surface area contributed by atoms with Crippen molar-refractivity contribution in [2.75, 3.05) is 13.7 Å². The molecule has 0 radical (unpaired) electrons. The third kappa shape index (κ3) is 3.54. The van der Waals surface area contributed by atoms with E-state index in [1.54, 1.807) is 19.4 Å². The van der Waals surface area contributed by atoms with Crippen LogP contribution in [0.25, 0.3) is 0 Å². The van der Waals surface area contributed by atoms with Gasteiger partial charge in [-0.1, -0.05) is 30.1 Å². The van der Waals surface area contributed by atoms with Gasteiger partial charge in [-0.15, -0.1) is 0 Å². The largest absolute Gasteiger partial charge is 0.495 e. The van der Waals surface area contributed by atoms with E-state index < -0.39 is 0 Å². The van der Waals surface area contributed by atoms with E-state index in [4.69, 9.17) is 32.4 Å². The maximum absolute atomic E-state index is 6.41. The third-order valence-electron chi connectivity index (χ3n) is 3.39. The highest BCUT2D eigenvalue weighted by Gasteiger charge is 2.21. The Bertz CT molecular complexity index is 610. The summed E-state index contributed by atoms with van der Waals surface area (Å²) in [6.07, 6.45) is 2.71. The number of halogens is 2. The molecule has 0 fully saturated rings. The molecule has 1 unspecified atom stereocenters. The van der Waals surface area contributed by atoms with Crippen molar-refractivity contribution in [3.05, 3.63) is 51.4 Å². The van der Waals surface area contributed by atoms with Gasteiger partial charge in [-0.3, -0.25) is 0 Å². The monoisotopic (exact) mass is 327 g/mol. The summed E-state index contributed by atoms with van der Waals surface area (Å²) in [6, 6.07) is 5.49. The van der Waals surface area contributed by atoms with E-state index in [0.717, 1.165) is 29.9 Å². The van der Waals surface area contributed by atoms with Crippen LogP contribution in [0, 0.1) is 6.92 Å². The van der Waals surface area contributed by atoms with Crippen LogP contribution in [0.3, 0.4) is 0 Å². The highest BCUT2D eigenvalue weighted by atomic mass is 35.5. The minimum atomic E-state index is -0.0559. The van der Waals surface area contributed by atoms with Gasteiger partial charge in [-0.2, -0.15) is 0 Å². The standard InChI is InChI=1S/C16H19Cl2NO2/c1-4-6-19-16(11-5-7-21-10(11)2)12-8-14(18)15(20-3)9-13(12)17/h5,7-9,16,19H,4,6H2,1-3H3. The van der Waals surface area contributed by atoms with Gasteiger partial charge in [-0.05, 0) is 37.6 Å². The molecule has 5 heteroatoms. The van der Waals surface area contributed by atoms with Crippen molar-refractivity contribution in [3.8, 4) is 5.75 Å². The van der Waals surface area contributed by atoms with Crippen LogP contribution < -0.4 is 10.1 Å². The fraction of sp³-hybridized carbons (Fsp3) is 0.375. The highest BCUT2D eigenvalue weighted by Crippen LogP contribution is 2.37. The summed E-state index contributed by atoms with van der Waals surface area (Å²) in [6.45, 7) is 4.93. The molecule has 114 valence electrons. The molecule has 0 amide bonds. The van der Waals surface area contributed by atoms with Crippen molar-refractivity contribution in [1.82, 2.24) is 5.32 Å². The number of methoxy groups -OCH3 is 1. The zero-order valence-electron chi connectivity index (χ0n) is 12.4. The molecule has 1 aromatic carbocycles. The van der Waals surface area contributed by atoms with Gasteiger partial charge in [0.05, 0.1) is 24.4 Å². The van der Waals surface area contributed by atoms with Crippen LogP contribution >= 0.6 is 23.2 Å². The molecule has 0 spiro atoms. The van der Waals surface area contributed by atoms with Gasteiger partial charge in [0.2, 0.25) is 0 Å². The second kappa shape index (κ2) is 7.21. The second-order valence-corrected chi connectivity index (χ2v) is 5.64. The van der Waals surface area contributed by atoms with Crippen molar-refractivity contribution in [3.63, 3.8) is 0 Å². The minimum absolute atomic E-state index is 0.0559. The predicted octanol–water partition coefficient (Wildman–Crippen LogP) is 4.99. The highest BCUT2D eigenvalue weighted by molar-refractivity contribution is 6.34. The predicted molar refractivity (Wildman–Crippen MR) is 86.6 cm³/mol. The van der Waals surface area contributed by atoms with Crippen LogP contribution in [0.1, 0.15) is 36.3 Å². The van der Waals surface area contributed by atoms with Gasteiger partial charge < -0.3 is 14.5 Å². The number of hydrogen-bond acceptors (Lipinski definition) is 3. The van der Waals surface area contributed by atoms with E-state index in [1.807, 2.05) is 19.1 Å². The summed E-state index contributed by atoms with van der Waals surface area (Å²) < 4.78 is 10.6. The van der Waals surface area contributed by atoms with E-state index in [0.29, 0.717) is 15.8 Å². The molecule has 0 aliphatic rings. The Kier molecular flexibility index (Phi) is 5.57. The second-order valence-electron chi connectivity index (χ2n) is 4.83. The van der Waals surface area contributed by atoms with Crippen LogP contribution in [0.2, 0.25) is 10.0 Å². The Hall–Kier alpha value is -1.16. The fourth-order valence-corrected chi connectivity index (χ4v) is 2.80. The van der Waals surface area contributed by atoms with Gasteiger partial charge in [0.15, 0.2) is 0 Å². The summed E-state index contributed by atoms with van der Waals surface area (Å²) >= 11 is 12.7. The summed E-state index contributed by atoms with van der Waals surface area (Å²) in [5.41, 5.74) is 1.98. The van der Waals surface area contributed by atoms with Crippen LogP contribution in [0.4, 0.5) is 0 Å². The normalized spacial score (nSPS) is 12.4. The molecule has 0 aliphatic heterocycles. The maximum Gasteiger partial charge on any atom is 0.138 e. The van der Waals surface area contributed by atoms with Crippen molar-refractivity contribution < 1.29 is 9.15 Å². The molecule has 0 aliphatic carbocycles. The first-order valence-electron chi connectivity index (χ1n) is 6.88. The summed E-state index contributed by atoms with van der Waals surface area (Å²) in [7, 11) is 1.57. The van der Waals surface area contributed by atoms with Gasteiger partial charge >= 0.3 is 0 Å². The Balaban J connectivity index is 2.46. The molecule has 3 nitrogen and oxygen atoms in total. The van der Waals surface area contributed by atoms with Gasteiger partial charge in [0.1, 0.15) is 11.5 Å². The van der Waals surface area contributed by atoms with E-state index in [9.17, 15) is 0 Å². The van der Waals surface area contributed by atoms with E-state index >= 15 is 0 Å². The fourth-order valence-electron chi connectivity index (χ4n) is 2.29. The maximum atomic E-state index is 6.41. The summed E-state index contributed by atoms with van der Waals surface area (Å²) in [5.74, 6) is 1.44. The lowest BCUT2D eigenvalue weighted by Gasteiger charge is -2.21. The summed E-state index contributed by atoms with van der Waals surface area (Å²) in [5, 5.41) is 4.65. The number of hydrogen-bond donors (Lipinski definition) is 1. The average molecular weight is 328 g/mol. The molecule has 0 saturated heterocycles. The molecule has 0 bridgehead atoms. The van der Waals surface area contributed by atoms with Crippen LogP contribution in [-0.2, 0) is 0 Å². The number of rotatable bonds is 6. The zero-order valence-corrected chi connectivity index (χ0v) is 13.9. The quantitative estimate of drug-likeness (QED) is 0.811. The van der Waals surface area contributed by atoms with Crippen molar-refractivity contribution in [2.24, 2.45) is 0 Å². The lowest BCUT2D eigenvalue weighted by Crippen LogP contribution is -2.23. The molecule has 2 rings (SSSR count). The first-order valence-corrected chi connectivity index (χ1v) is 7.64. The number of furan rings is 1. The van der Waals surface area contributed by atoms with Crippen LogP contribution in [-0.4, -0.2) is 13.7 Å². The zero-order chi connectivity index (χ0) is 15.4. The lowest BCUT2D eigenvalue weighted by molar-refractivity contribution is 0.414. The van der Waals surface area contributed by atoms with E-state index in [2.05, 4.69) is 12.2 Å². The molecule has 0 saturated carbocycles. The Morgan fingerprint density at radius 1 is 1.24 bits per heavy atom. The molecule has 1 heterocycles. The third-order valence-corrected chi connectivity index (χ3v) is 4.01. The van der Waals surface area contributed by atoms with Crippen molar-refractivity contribution in [1.29, 1.82) is 0 Å². The molecular weight excluding hydrogens is 309 g/mol. The molecule has 1 N–H and O–H groups in total. The SMILES string of the molecule is CCCNC(c1cc(Cl)c(OC)cc1Cl)c1ccoc1C. The Morgan fingerprint density at radius 3 is 2.57 bits per heavy atom. The van der Waals surface area contributed by atoms with Gasteiger partial charge in [0, 0.05) is 16.7 Å². The van der Waals surface area contributed by atoms with Crippen molar-refractivity contribution >= 4 is 23.2 Å². The molecule has 2 aromatic rings. The van der Waals surface area contributed by atoms with Crippen molar-refractivity contribution in [2.45, 2.75) is 26.3 Å². The van der Waals surface area contributed by atoms with Crippen LogP contribution in [0.5, 0.6) is 5.75 Å². The molecule has 21 heavy (non-hydrogen) atoms.